The third kappa shape index (κ3) is 2.61. The van der Waals surface area contributed by atoms with Crippen LogP contribution in [0.3, 0.4) is 0 Å². The van der Waals surface area contributed by atoms with E-state index in [2.05, 4.69) is 71.0 Å². The van der Waals surface area contributed by atoms with Gasteiger partial charge in [0.15, 0.2) is 0 Å². The van der Waals surface area contributed by atoms with Crippen molar-refractivity contribution in [1.29, 1.82) is 0 Å². The summed E-state index contributed by atoms with van der Waals surface area (Å²) in [5, 5.41) is 8.16. The Hall–Kier alpha value is -3.08. The minimum absolute atomic E-state index is 0.363. The average Bonchev–Trinajstić information content (AvgIpc) is 3.32. The average molecular weight is 372 g/mol. The fourth-order valence-corrected chi connectivity index (χ4v) is 4.32. The number of nitrogens with one attached hydrogen (secondary N) is 1. The predicted molar refractivity (Wildman–Crippen MR) is 116 cm³/mol. The van der Waals surface area contributed by atoms with Crippen LogP contribution in [0.5, 0.6) is 5.75 Å². The predicted octanol–water partition coefficient (Wildman–Crippen LogP) is 4.61. The van der Waals surface area contributed by atoms with Gasteiger partial charge in [0.2, 0.25) is 0 Å². The number of rotatable bonds is 4. The summed E-state index contributed by atoms with van der Waals surface area (Å²) >= 11 is 0. The summed E-state index contributed by atoms with van der Waals surface area (Å²) in [6.45, 7) is 8.91. The van der Waals surface area contributed by atoms with Gasteiger partial charge in [-0.25, -0.2) is 0 Å². The molecule has 1 aliphatic rings. The molecule has 4 aromatic rings. The van der Waals surface area contributed by atoms with Crippen LogP contribution in [0.15, 0.2) is 47.7 Å². The number of benzene rings is 2. The normalized spacial score (nSPS) is 14.2. The highest BCUT2D eigenvalue weighted by Crippen LogP contribution is 2.38. The number of ether oxygens (including phenoxy) is 1. The molecule has 28 heavy (non-hydrogen) atoms. The van der Waals surface area contributed by atoms with Crippen LogP contribution in [0.1, 0.15) is 25.5 Å². The number of aromatic nitrogens is 2. The summed E-state index contributed by atoms with van der Waals surface area (Å²) < 4.78 is 8.46. The van der Waals surface area contributed by atoms with E-state index in [0.717, 1.165) is 24.7 Å². The highest BCUT2D eigenvalue weighted by molar-refractivity contribution is 6.14. The molecule has 2 aromatic heterocycles. The summed E-state index contributed by atoms with van der Waals surface area (Å²) in [5.74, 6) is 1.80. The zero-order valence-electron chi connectivity index (χ0n) is 16.5. The molecule has 3 heterocycles. The van der Waals surface area contributed by atoms with Crippen LogP contribution < -0.4 is 10.1 Å². The number of pyridine rings is 1. The number of aryl methyl sites for hydroxylation is 1. The maximum absolute atomic E-state index is 6.02. The molecule has 142 valence electrons. The van der Waals surface area contributed by atoms with Gasteiger partial charge < -0.3 is 14.6 Å². The van der Waals surface area contributed by atoms with E-state index in [1.54, 1.807) is 0 Å². The van der Waals surface area contributed by atoms with Crippen molar-refractivity contribution < 1.29 is 4.74 Å². The van der Waals surface area contributed by atoms with E-state index in [9.17, 15) is 0 Å². The lowest BCUT2D eigenvalue weighted by Crippen LogP contribution is -2.24. The largest absolute Gasteiger partial charge is 0.486 e. The zero-order chi connectivity index (χ0) is 19.3. The smallest absolute Gasteiger partial charge is 0.145 e. The number of aliphatic imine (C=N–C) groups is 1. The van der Waals surface area contributed by atoms with Crippen molar-refractivity contribution in [3.05, 3.63) is 48.3 Å². The van der Waals surface area contributed by atoms with E-state index in [1.807, 2.05) is 12.4 Å². The molecule has 0 bridgehead atoms. The molecular weight excluding hydrogens is 348 g/mol. The van der Waals surface area contributed by atoms with Gasteiger partial charge >= 0.3 is 0 Å². The fraction of sp³-hybridized carbons (Fsp3) is 0.304. The first-order valence-electron chi connectivity index (χ1n) is 9.84. The Balaban J connectivity index is 1.72. The number of fused-ring (bicyclic) bond motifs is 4. The first-order chi connectivity index (χ1) is 13.6. The summed E-state index contributed by atoms with van der Waals surface area (Å²) in [6.07, 6.45) is 3.82. The molecule has 1 N–H and O–H groups in total. The molecule has 2 aromatic carbocycles. The van der Waals surface area contributed by atoms with Crippen LogP contribution in [0, 0.1) is 6.92 Å². The van der Waals surface area contributed by atoms with Crippen LogP contribution >= 0.6 is 0 Å². The van der Waals surface area contributed by atoms with Crippen molar-refractivity contribution in [1.82, 2.24) is 14.9 Å². The lowest BCUT2D eigenvalue weighted by molar-refractivity contribution is 0.374. The topological polar surface area (TPSA) is 51.4 Å². The van der Waals surface area contributed by atoms with Gasteiger partial charge in [-0.1, -0.05) is 0 Å². The molecule has 5 heteroatoms. The molecule has 0 amide bonds. The number of hydrogen-bond donors (Lipinski definition) is 1. The van der Waals surface area contributed by atoms with Crippen LogP contribution in [-0.2, 0) is 0 Å². The standard InChI is InChI=1S/C23H24N4O/c1-14(2)27-21-5-4-17(28-13-22-25-8-9-26-22)11-19(21)20-10-16-12-24-7-6-18(16)15(3)23(20)27/h4-7,10-12,14H,8-9,13H2,1-3H3,(H,25,26). The fourth-order valence-electron chi connectivity index (χ4n) is 4.32. The van der Waals surface area contributed by atoms with Crippen molar-refractivity contribution >= 4 is 38.4 Å². The lowest BCUT2D eigenvalue weighted by atomic mass is 10.0. The van der Waals surface area contributed by atoms with Crippen LogP contribution in [0.2, 0.25) is 0 Å². The Kier molecular flexibility index (Phi) is 3.97. The van der Waals surface area contributed by atoms with Gasteiger partial charge in [-0.05, 0) is 62.1 Å². The Bertz CT molecular complexity index is 1240. The van der Waals surface area contributed by atoms with Gasteiger partial charge in [0.1, 0.15) is 18.2 Å². The molecule has 0 saturated carbocycles. The highest BCUT2D eigenvalue weighted by atomic mass is 16.5. The van der Waals surface area contributed by atoms with Gasteiger partial charge in [-0.2, -0.15) is 0 Å². The van der Waals surface area contributed by atoms with Gasteiger partial charge in [0, 0.05) is 46.7 Å². The van der Waals surface area contributed by atoms with Gasteiger partial charge in [0.25, 0.3) is 0 Å². The first kappa shape index (κ1) is 17.0. The zero-order valence-corrected chi connectivity index (χ0v) is 16.5. The molecular formula is C23H24N4O. The maximum Gasteiger partial charge on any atom is 0.145 e. The second-order valence-corrected chi connectivity index (χ2v) is 7.68. The molecule has 0 radical (unpaired) electrons. The van der Waals surface area contributed by atoms with E-state index in [4.69, 9.17) is 4.74 Å². The van der Waals surface area contributed by atoms with E-state index in [0.29, 0.717) is 12.6 Å². The second kappa shape index (κ2) is 6.51. The van der Waals surface area contributed by atoms with Gasteiger partial charge in [-0.15, -0.1) is 0 Å². The Morgan fingerprint density at radius 2 is 2.04 bits per heavy atom. The highest BCUT2D eigenvalue weighted by Gasteiger charge is 2.17. The van der Waals surface area contributed by atoms with Gasteiger partial charge in [-0.3, -0.25) is 9.98 Å². The number of nitrogens with zero attached hydrogens (tertiary/aromatic N) is 3. The van der Waals surface area contributed by atoms with E-state index in [1.165, 1.54) is 38.1 Å². The van der Waals surface area contributed by atoms with Gasteiger partial charge in [0.05, 0.1) is 12.1 Å². The molecule has 0 spiro atoms. The third-order valence-electron chi connectivity index (χ3n) is 5.56. The summed E-state index contributed by atoms with van der Waals surface area (Å²) in [7, 11) is 0. The molecule has 0 aliphatic carbocycles. The minimum Gasteiger partial charge on any atom is -0.486 e. The van der Waals surface area contributed by atoms with Crippen molar-refractivity contribution in [2.24, 2.45) is 4.99 Å². The summed E-state index contributed by atoms with van der Waals surface area (Å²) in [4.78, 5) is 8.73. The monoisotopic (exact) mass is 372 g/mol. The molecule has 0 atom stereocenters. The minimum atomic E-state index is 0.363. The van der Waals surface area contributed by atoms with Crippen molar-refractivity contribution in [2.75, 3.05) is 19.7 Å². The van der Waals surface area contributed by atoms with Crippen molar-refractivity contribution in [2.45, 2.75) is 26.8 Å². The summed E-state index contributed by atoms with van der Waals surface area (Å²) in [6, 6.07) is 11.1. The van der Waals surface area contributed by atoms with Crippen LogP contribution in [0.4, 0.5) is 0 Å². The quantitative estimate of drug-likeness (QED) is 0.569. The first-order valence-corrected chi connectivity index (χ1v) is 9.84. The van der Waals surface area contributed by atoms with Crippen molar-refractivity contribution in [3.63, 3.8) is 0 Å². The Morgan fingerprint density at radius 3 is 2.82 bits per heavy atom. The third-order valence-corrected chi connectivity index (χ3v) is 5.56. The van der Waals surface area contributed by atoms with Crippen LogP contribution in [-0.4, -0.2) is 35.1 Å². The van der Waals surface area contributed by atoms with Crippen LogP contribution in [0.25, 0.3) is 32.6 Å². The SMILES string of the molecule is Cc1c2ccncc2cc2c3cc(OCC4=NCCN4)ccc3n(C(C)C)c12. The van der Waals surface area contributed by atoms with Crippen molar-refractivity contribution in [3.8, 4) is 5.75 Å². The molecule has 0 unspecified atom stereocenters. The number of amidine groups is 1. The number of hydrogen-bond acceptors (Lipinski definition) is 4. The second-order valence-electron chi connectivity index (χ2n) is 7.68. The van der Waals surface area contributed by atoms with E-state index < -0.39 is 0 Å². The molecule has 5 nitrogen and oxygen atoms in total. The Morgan fingerprint density at radius 1 is 1.14 bits per heavy atom. The molecule has 5 rings (SSSR count). The van der Waals surface area contributed by atoms with E-state index in [-0.39, 0.29) is 0 Å². The molecule has 1 aliphatic heterocycles. The maximum atomic E-state index is 6.02. The lowest BCUT2D eigenvalue weighted by Gasteiger charge is -2.14. The molecule has 0 fully saturated rings. The Labute approximate surface area is 164 Å². The summed E-state index contributed by atoms with van der Waals surface area (Å²) in [5.41, 5.74) is 3.83. The van der Waals surface area contributed by atoms with E-state index >= 15 is 0 Å². The molecule has 0 saturated heterocycles.